The van der Waals surface area contributed by atoms with E-state index in [0.29, 0.717) is 0 Å². The first-order valence-electron chi connectivity index (χ1n) is 4.15. The molecule has 0 saturated heterocycles. The Bertz CT molecular complexity index is 305. The van der Waals surface area contributed by atoms with Crippen molar-refractivity contribution in [3.63, 3.8) is 0 Å². The van der Waals surface area contributed by atoms with E-state index in [-0.39, 0.29) is 6.42 Å². The monoisotopic (exact) mass is 150 g/mol. The smallest absolute Gasteiger partial charge is 0.124 e. The van der Waals surface area contributed by atoms with Gasteiger partial charge in [0, 0.05) is 6.42 Å². The van der Waals surface area contributed by atoms with Crippen LogP contribution in [0, 0.1) is 13.8 Å². The molecule has 58 valence electrons. The molecule has 1 aromatic carbocycles. The summed E-state index contributed by atoms with van der Waals surface area (Å²) in [6.07, 6.45) is -0.295. The minimum atomic E-state index is -0.524. The number of rotatable bonds is 2. The number of aldehydes is 1. The van der Waals surface area contributed by atoms with E-state index in [1.54, 1.807) is 0 Å². The molecule has 0 aliphatic carbocycles. The Morgan fingerprint density at radius 3 is 2.91 bits per heavy atom. The Hall–Kier alpha value is -1.11. The largest absolute Gasteiger partial charge is 0.303 e. The number of benzene rings is 1. The van der Waals surface area contributed by atoms with Crippen molar-refractivity contribution in [2.24, 2.45) is 0 Å². The van der Waals surface area contributed by atoms with Crippen LogP contribution in [0.25, 0.3) is 0 Å². The molecule has 0 atom stereocenters. The molecule has 0 amide bonds. The lowest BCUT2D eigenvalue weighted by Crippen LogP contribution is -1.90. The average Bonchev–Trinajstić information content (AvgIpc) is 1.96. The van der Waals surface area contributed by atoms with Gasteiger partial charge < -0.3 is 4.79 Å². The predicted molar refractivity (Wildman–Crippen MR) is 45.7 cm³/mol. The van der Waals surface area contributed by atoms with Crippen molar-refractivity contribution < 1.29 is 6.17 Å². The summed E-state index contributed by atoms with van der Waals surface area (Å²) < 4.78 is 6.84. The number of hydrogen-bond acceptors (Lipinski definition) is 1. The van der Waals surface area contributed by atoms with Crippen LogP contribution < -0.4 is 0 Å². The molecule has 0 bridgehead atoms. The zero-order chi connectivity index (χ0) is 9.14. The lowest BCUT2D eigenvalue weighted by atomic mass is 10.0. The molecule has 1 nitrogen and oxygen atoms in total. The predicted octanol–water partition coefficient (Wildman–Crippen LogP) is 2.04. The zero-order valence-electron chi connectivity index (χ0n) is 7.85. The first kappa shape index (κ1) is 6.59. The van der Waals surface area contributed by atoms with Gasteiger partial charge in [-0.3, -0.25) is 0 Å². The van der Waals surface area contributed by atoms with E-state index in [0.717, 1.165) is 16.7 Å². The SMILES string of the molecule is [3H]C(=O)Cc1cc(C)ccc1C. The van der Waals surface area contributed by atoms with Gasteiger partial charge in [-0.2, -0.15) is 0 Å². The Morgan fingerprint density at radius 2 is 2.27 bits per heavy atom. The highest BCUT2D eigenvalue weighted by atomic mass is 16.1. The van der Waals surface area contributed by atoms with Crippen LogP contribution in [0.4, 0.5) is 0 Å². The summed E-state index contributed by atoms with van der Waals surface area (Å²) in [6, 6.07) is 5.95. The van der Waals surface area contributed by atoms with E-state index in [1.165, 1.54) is 0 Å². The third-order valence-electron chi connectivity index (χ3n) is 1.77. The van der Waals surface area contributed by atoms with Crippen molar-refractivity contribution in [3.05, 3.63) is 34.9 Å². The summed E-state index contributed by atoms with van der Waals surface area (Å²) in [6.45, 7) is 3.94. The quantitative estimate of drug-likeness (QED) is 0.590. The molecule has 0 radical (unpaired) electrons. The van der Waals surface area contributed by atoms with Crippen molar-refractivity contribution in [1.29, 1.82) is 0 Å². The number of hydrogen-bond donors (Lipinski definition) is 0. The molecule has 0 unspecified atom stereocenters. The van der Waals surface area contributed by atoms with E-state index in [9.17, 15) is 4.79 Å². The van der Waals surface area contributed by atoms with Gasteiger partial charge in [0.1, 0.15) is 7.63 Å². The van der Waals surface area contributed by atoms with Crippen LogP contribution in [-0.2, 0) is 11.2 Å². The summed E-state index contributed by atoms with van der Waals surface area (Å²) in [7, 11) is 0. The van der Waals surface area contributed by atoms with Crippen LogP contribution in [0.3, 0.4) is 0 Å². The normalized spacial score (nSPS) is 10.9. The van der Waals surface area contributed by atoms with Crippen LogP contribution in [-0.4, -0.2) is 6.26 Å². The number of carbonyl (C=O) groups is 1. The molecule has 1 rings (SSSR count). The van der Waals surface area contributed by atoms with E-state index >= 15 is 0 Å². The summed E-state index contributed by atoms with van der Waals surface area (Å²) in [4.78, 5) is 10.5. The highest BCUT2D eigenvalue weighted by Crippen LogP contribution is 2.09. The van der Waals surface area contributed by atoms with Crippen LogP contribution in [0.15, 0.2) is 18.2 Å². The molecule has 1 aromatic rings. The van der Waals surface area contributed by atoms with Gasteiger partial charge >= 0.3 is 0 Å². The first-order valence-corrected chi connectivity index (χ1v) is 3.65. The van der Waals surface area contributed by atoms with Gasteiger partial charge in [0.05, 0.1) is 0 Å². The third-order valence-corrected chi connectivity index (χ3v) is 1.77. The topological polar surface area (TPSA) is 17.1 Å². The number of carbonyl (C=O) groups excluding carboxylic acids is 1. The van der Waals surface area contributed by atoms with Crippen LogP contribution >= 0.6 is 0 Å². The Labute approximate surface area is 68.5 Å². The standard InChI is InChI=1S/C10H12O/c1-8-3-4-9(2)10(7-8)5-6-11/h3-4,6-7H,5H2,1-2H3/i6T. The van der Waals surface area contributed by atoms with Gasteiger partial charge in [-0.05, 0) is 25.0 Å². The van der Waals surface area contributed by atoms with Crippen LogP contribution in [0.2, 0.25) is 0 Å². The molecule has 0 saturated carbocycles. The maximum atomic E-state index is 10.5. The van der Waals surface area contributed by atoms with Crippen molar-refractivity contribution in [3.8, 4) is 0 Å². The van der Waals surface area contributed by atoms with E-state index in [1.807, 2.05) is 32.0 Å². The van der Waals surface area contributed by atoms with E-state index in [2.05, 4.69) is 0 Å². The summed E-state index contributed by atoms with van der Waals surface area (Å²) in [5, 5.41) is 0. The molecule has 0 spiro atoms. The fourth-order valence-corrected chi connectivity index (χ4v) is 1.07. The fourth-order valence-electron chi connectivity index (χ4n) is 1.07. The lowest BCUT2D eigenvalue weighted by molar-refractivity contribution is -0.107. The van der Waals surface area contributed by atoms with Crippen molar-refractivity contribution in [1.82, 2.24) is 0 Å². The van der Waals surface area contributed by atoms with Crippen molar-refractivity contribution >= 4 is 6.26 Å². The van der Waals surface area contributed by atoms with E-state index in [4.69, 9.17) is 1.37 Å². The second-order valence-electron chi connectivity index (χ2n) is 2.75. The average molecular weight is 150 g/mol. The van der Waals surface area contributed by atoms with Gasteiger partial charge in [0.15, 0.2) is 0 Å². The zero-order valence-corrected chi connectivity index (χ0v) is 6.85. The first-order chi connectivity index (χ1) is 5.59. The molecule has 0 fully saturated rings. The van der Waals surface area contributed by atoms with Gasteiger partial charge in [0.25, 0.3) is 0 Å². The minimum Gasteiger partial charge on any atom is -0.303 e. The molecule has 0 aliphatic heterocycles. The number of aryl methyl sites for hydroxylation is 2. The van der Waals surface area contributed by atoms with Crippen molar-refractivity contribution in [2.75, 3.05) is 0 Å². The Balaban J connectivity index is 2.97. The summed E-state index contributed by atoms with van der Waals surface area (Å²) in [5.41, 5.74) is 3.19. The van der Waals surface area contributed by atoms with Crippen LogP contribution in [0.1, 0.15) is 18.1 Å². The molecule has 11 heavy (non-hydrogen) atoms. The van der Waals surface area contributed by atoms with Gasteiger partial charge in [-0.1, -0.05) is 23.8 Å². The molecule has 1 heteroatoms. The molecule has 0 N–H and O–H groups in total. The second kappa shape index (κ2) is 3.33. The maximum absolute atomic E-state index is 10.5. The van der Waals surface area contributed by atoms with Crippen molar-refractivity contribution in [2.45, 2.75) is 20.3 Å². The molecular weight excluding hydrogens is 136 g/mol. The minimum absolute atomic E-state index is 0.230. The van der Waals surface area contributed by atoms with Gasteiger partial charge in [-0.25, -0.2) is 0 Å². The Kier molecular flexibility index (Phi) is 2.00. The highest BCUT2D eigenvalue weighted by molar-refractivity contribution is 5.56. The Morgan fingerprint density at radius 1 is 1.55 bits per heavy atom. The summed E-state index contributed by atoms with van der Waals surface area (Å²) in [5.74, 6) is 0. The molecule has 0 aliphatic rings. The maximum Gasteiger partial charge on any atom is 0.124 e. The molecular formula is C10H12O. The fraction of sp³-hybridized carbons (Fsp3) is 0.300. The van der Waals surface area contributed by atoms with E-state index < -0.39 is 6.26 Å². The third kappa shape index (κ3) is 1.90. The molecule has 0 heterocycles. The summed E-state index contributed by atoms with van der Waals surface area (Å²) >= 11 is 0. The lowest BCUT2D eigenvalue weighted by Gasteiger charge is -2.01. The highest BCUT2D eigenvalue weighted by Gasteiger charge is 1.96. The molecule has 0 aromatic heterocycles. The second-order valence-corrected chi connectivity index (χ2v) is 2.75. The van der Waals surface area contributed by atoms with Gasteiger partial charge in [0.2, 0.25) is 0 Å². The van der Waals surface area contributed by atoms with Crippen LogP contribution in [0.5, 0.6) is 0 Å². The van der Waals surface area contributed by atoms with Gasteiger partial charge in [-0.15, -0.1) is 0 Å².